The predicted molar refractivity (Wildman–Crippen MR) is 84.7 cm³/mol. The molecule has 0 amide bonds. The number of benzene rings is 1. The van der Waals surface area contributed by atoms with Gasteiger partial charge in [-0.25, -0.2) is 4.39 Å². The van der Waals surface area contributed by atoms with Crippen LogP contribution in [-0.4, -0.2) is 42.5 Å². The molecule has 2 fully saturated rings. The van der Waals surface area contributed by atoms with Gasteiger partial charge in [0.05, 0.1) is 0 Å². The van der Waals surface area contributed by atoms with Crippen LogP contribution in [-0.2, 0) is 6.54 Å². The number of rotatable bonds is 4. The van der Waals surface area contributed by atoms with E-state index in [0.29, 0.717) is 0 Å². The molecule has 0 N–H and O–H groups in total. The van der Waals surface area contributed by atoms with E-state index in [1.54, 1.807) is 6.07 Å². The van der Waals surface area contributed by atoms with E-state index in [1.165, 1.54) is 57.8 Å². The summed E-state index contributed by atoms with van der Waals surface area (Å²) >= 11 is 0. The van der Waals surface area contributed by atoms with Gasteiger partial charge in [0, 0.05) is 26.2 Å². The van der Waals surface area contributed by atoms with Crippen molar-refractivity contribution in [2.24, 2.45) is 5.92 Å². The molecule has 0 radical (unpaired) electrons. The van der Waals surface area contributed by atoms with E-state index < -0.39 is 0 Å². The van der Waals surface area contributed by atoms with Crippen molar-refractivity contribution in [3.8, 4) is 0 Å². The van der Waals surface area contributed by atoms with Gasteiger partial charge in [-0.15, -0.1) is 0 Å². The van der Waals surface area contributed by atoms with E-state index >= 15 is 0 Å². The minimum absolute atomic E-state index is 0.120. The van der Waals surface area contributed by atoms with Crippen LogP contribution in [0, 0.1) is 11.7 Å². The smallest absolute Gasteiger partial charge is 0.123 e. The second-order valence-electron chi connectivity index (χ2n) is 6.71. The summed E-state index contributed by atoms with van der Waals surface area (Å²) in [6, 6.07) is 7.04. The monoisotopic (exact) mass is 290 g/mol. The lowest BCUT2D eigenvalue weighted by molar-refractivity contribution is 0.226. The lowest BCUT2D eigenvalue weighted by atomic mass is 10.1. The third-order valence-corrected chi connectivity index (χ3v) is 4.97. The first kappa shape index (κ1) is 15.0. The molecule has 0 spiro atoms. The largest absolute Gasteiger partial charge is 0.302 e. The molecular weight excluding hydrogens is 263 g/mol. The average molecular weight is 290 g/mol. The minimum atomic E-state index is -0.120. The summed E-state index contributed by atoms with van der Waals surface area (Å²) < 4.78 is 13.3. The molecule has 2 aliphatic rings. The van der Waals surface area contributed by atoms with Crippen LogP contribution in [0.2, 0.25) is 0 Å². The molecule has 3 rings (SSSR count). The molecule has 1 aliphatic carbocycles. The minimum Gasteiger partial charge on any atom is -0.302 e. The highest BCUT2D eigenvalue weighted by atomic mass is 19.1. The molecule has 1 aromatic carbocycles. The summed E-state index contributed by atoms with van der Waals surface area (Å²) in [6.07, 6.45) is 6.98. The molecule has 21 heavy (non-hydrogen) atoms. The summed E-state index contributed by atoms with van der Waals surface area (Å²) in [5, 5.41) is 0. The fraction of sp³-hybridized carbons (Fsp3) is 0.667. The van der Waals surface area contributed by atoms with Crippen molar-refractivity contribution in [1.29, 1.82) is 0 Å². The van der Waals surface area contributed by atoms with E-state index in [9.17, 15) is 4.39 Å². The van der Waals surface area contributed by atoms with Gasteiger partial charge in [-0.1, -0.05) is 25.0 Å². The highest BCUT2D eigenvalue weighted by Gasteiger charge is 2.21. The van der Waals surface area contributed by atoms with Crippen molar-refractivity contribution >= 4 is 0 Å². The van der Waals surface area contributed by atoms with Gasteiger partial charge in [-0.05, 0) is 56.0 Å². The fourth-order valence-electron chi connectivity index (χ4n) is 3.82. The average Bonchev–Trinajstić information content (AvgIpc) is 2.87. The van der Waals surface area contributed by atoms with Gasteiger partial charge in [0.2, 0.25) is 0 Å². The maximum absolute atomic E-state index is 13.3. The Balaban J connectivity index is 1.48. The Morgan fingerprint density at radius 2 is 1.71 bits per heavy atom. The molecule has 1 aliphatic heterocycles. The quantitative estimate of drug-likeness (QED) is 0.837. The van der Waals surface area contributed by atoms with Gasteiger partial charge in [0.25, 0.3) is 0 Å². The third-order valence-electron chi connectivity index (χ3n) is 4.97. The highest BCUT2D eigenvalue weighted by molar-refractivity contribution is 5.16. The van der Waals surface area contributed by atoms with Crippen LogP contribution in [0.15, 0.2) is 24.3 Å². The summed E-state index contributed by atoms with van der Waals surface area (Å²) in [5.74, 6) is 0.824. The number of hydrogen-bond acceptors (Lipinski definition) is 2. The topological polar surface area (TPSA) is 6.48 Å². The predicted octanol–water partition coefficient (Wildman–Crippen LogP) is 3.52. The number of halogens is 1. The molecule has 0 aromatic heterocycles. The lowest BCUT2D eigenvalue weighted by Gasteiger charge is -2.24. The van der Waals surface area contributed by atoms with Crippen LogP contribution in [0.1, 0.15) is 37.7 Å². The molecule has 1 saturated carbocycles. The molecule has 3 heteroatoms. The Kier molecular flexibility index (Phi) is 5.26. The van der Waals surface area contributed by atoms with E-state index in [4.69, 9.17) is 0 Å². The van der Waals surface area contributed by atoms with Crippen LogP contribution in [0.25, 0.3) is 0 Å². The van der Waals surface area contributed by atoms with Gasteiger partial charge in [-0.2, -0.15) is 0 Å². The van der Waals surface area contributed by atoms with Crippen LogP contribution >= 0.6 is 0 Å². The van der Waals surface area contributed by atoms with Gasteiger partial charge in [-0.3, -0.25) is 4.90 Å². The SMILES string of the molecule is Fc1cccc(CN2CCCN(CC3CCCC3)CC2)c1. The normalized spacial score (nSPS) is 22.5. The Morgan fingerprint density at radius 3 is 2.52 bits per heavy atom. The maximum Gasteiger partial charge on any atom is 0.123 e. The first-order valence-electron chi connectivity index (χ1n) is 8.49. The van der Waals surface area contributed by atoms with Crippen molar-refractivity contribution in [2.45, 2.75) is 38.6 Å². The zero-order valence-electron chi connectivity index (χ0n) is 12.9. The molecule has 1 aromatic rings. The van der Waals surface area contributed by atoms with Crippen LogP contribution in [0.4, 0.5) is 4.39 Å². The fourth-order valence-corrected chi connectivity index (χ4v) is 3.82. The molecule has 116 valence electrons. The molecular formula is C18H27FN2. The third kappa shape index (κ3) is 4.52. The van der Waals surface area contributed by atoms with Crippen molar-refractivity contribution < 1.29 is 4.39 Å². The van der Waals surface area contributed by atoms with Crippen LogP contribution in [0.3, 0.4) is 0 Å². The van der Waals surface area contributed by atoms with Crippen molar-refractivity contribution in [2.75, 3.05) is 32.7 Å². The van der Waals surface area contributed by atoms with Crippen molar-refractivity contribution in [3.63, 3.8) is 0 Å². The zero-order chi connectivity index (χ0) is 14.5. The van der Waals surface area contributed by atoms with Gasteiger partial charge < -0.3 is 4.90 Å². The summed E-state index contributed by atoms with van der Waals surface area (Å²) in [4.78, 5) is 5.13. The maximum atomic E-state index is 13.3. The zero-order valence-corrected chi connectivity index (χ0v) is 12.9. The van der Waals surface area contributed by atoms with Crippen molar-refractivity contribution in [1.82, 2.24) is 9.80 Å². The standard InChI is InChI=1S/C18H27FN2/c19-18-8-3-7-17(13-18)15-21-10-4-9-20(11-12-21)14-16-5-1-2-6-16/h3,7-8,13,16H,1-2,4-6,9-12,14-15H2. The summed E-state index contributed by atoms with van der Waals surface area (Å²) in [7, 11) is 0. The molecule has 0 atom stereocenters. The Bertz CT molecular complexity index is 443. The second kappa shape index (κ2) is 7.37. The van der Waals surface area contributed by atoms with E-state index in [1.807, 2.05) is 12.1 Å². The summed E-state index contributed by atoms with van der Waals surface area (Å²) in [5.41, 5.74) is 1.10. The van der Waals surface area contributed by atoms with Gasteiger partial charge in [0.15, 0.2) is 0 Å². The first-order chi connectivity index (χ1) is 10.3. The van der Waals surface area contributed by atoms with Crippen molar-refractivity contribution in [3.05, 3.63) is 35.6 Å². The second-order valence-corrected chi connectivity index (χ2v) is 6.71. The Labute approximate surface area is 127 Å². The van der Waals surface area contributed by atoms with Crippen LogP contribution < -0.4 is 0 Å². The molecule has 2 nitrogen and oxygen atoms in total. The van der Waals surface area contributed by atoms with Crippen LogP contribution in [0.5, 0.6) is 0 Å². The first-order valence-corrected chi connectivity index (χ1v) is 8.49. The molecule has 1 heterocycles. The van der Waals surface area contributed by atoms with E-state index in [0.717, 1.165) is 31.1 Å². The number of nitrogens with zero attached hydrogens (tertiary/aromatic N) is 2. The molecule has 0 unspecified atom stereocenters. The Hall–Kier alpha value is -0.930. The molecule has 0 bridgehead atoms. The highest BCUT2D eigenvalue weighted by Crippen LogP contribution is 2.25. The lowest BCUT2D eigenvalue weighted by Crippen LogP contribution is -2.33. The van der Waals surface area contributed by atoms with Gasteiger partial charge >= 0.3 is 0 Å². The van der Waals surface area contributed by atoms with E-state index in [-0.39, 0.29) is 5.82 Å². The Morgan fingerprint density at radius 1 is 0.952 bits per heavy atom. The number of hydrogen-bond donors (Lipinski definition) is 0. The van der Waals surface area contributed by atoms with E-state index in [2.05, 4.69) is 9.80 Å². The molecule has 1 saturated heterocycles. The van der Waals surface area contributed by atoms with Gasteiger partial charge in [0.1, 0.15) is 5.82 Å². The summed E-state index contributed by atoms with van der Waals surface area (Å²) in [6.45, 7) is 6.84.